The van der Waals surface area contributed by atoms with E-state index in [0.29, 0.717) is 0 Å². The molecule has 22 heavy (non-hydrogen) atoms. The van der Waals surface area contributed by atoms with Gasteiger partial charge < -0.3 is 14.9 Å². The van der Waals surface area contributed by atoms with Crippen molar-refractivity contribution in [2.24, 2.45) is 0 Å². The van der Waals surface area contributed by atoms with Gasteiger partial charge in [0.25, 0.3) is 0 Å². The zero-order valence-electron chi connectivity index (χ0n) is 14.0. The Kier molecular flexibility index (Phi) is 10.8. The molecule has 0 bridgehead atoms. The van der Waals surface area contributed by atoms with Gasteiger partial charge in [0.2, 0.25) is 0 Å². The van der Waals surface area contributed by atoms with Crippen LogP contribution in [0.5, 0.6) is 5.75 Å². The first-order chi connectivity index (χ1) is 10.8. The summed E-state index contributed by atoms with van der Waals surface area (Å²) in [6, 6.07) is 8.04. The molecule has 0 aromatic heterocycles. The van der Waals surface area contributed by atoms with E-state index < -0.39 is 6.10 Å². The van der Waals surface area contributed by atoms with Gasteiger partial charge in [0.1, 0.15) is 18.5 Å². The lowest BCUT2D eigenvalue weighted by atomic mass is 10.0. The SMILES string of the molecule is CCCCCCCCCCc1ccc(OC[C@H](O)CO)cc1. The fraction of sp³-hybridized carbons (Fsp3) is 0.684. The quantitative estimate of drug-likeness (QED) is 0.539. The second kappa shape index (κ2) is 12.5. The molecule has 1 aromatic rings. The summed E-state index contributed by atoms with van der Waals surface area (Å²) in [5.74, 6) is 0.743. The molecule has 2 N–H and O–H groups in total. The number of hydrogen-bond donors (Lipinski definition) is 2. The Morgan fingerprint density at radius 1 is 0.909 bits per heavy atom. The zero-order chi connectivity index (χ0) is 16.0. The Balaban J connectivity index is 2.09. The van der Waals surface area contributed by atoms with Crippen molar-refractivity contribution in [3.63, 3.8) is 0 Å². The summed E-state index contributed by atoms with van der Waals surface area (Å²) in [6.45, 7) is 2.12. The van der Waals surface area contributed by atoms with E-state index >= 15 is 0 Å². The molecule has 0 aliphatic rings. The molecule has 1 rings (SSSR count). The van der Waals surface area contributed by atoms with Crippen LogP contribution in [0, 0.1) is 0 Å². The molecule has 0 heterocycles. The Hall–Kier alpha value is -1.06. The largest absolute Gasteiger partial charge is 0.491 e. The second-order valence-electron chi connectivity index (χ2n) is 6.02. The Morgan fingerprint density at radius 2 is 1.50 bits per heavy atom. The van der Waals surface area contributed by atoms with Crippen LogP contribution in [0.1, 0.15) is 63.9 Å². The third-order valence-corrected chi connectivity index (χ3v) is 3.90. The molecule has 0 spiro atoms. The maximum absolute atomic E-state index is 9.23. The summed E-state index contributed by atoms with van der Waals surface area (Å²) >= 11 is 0. The van der Waals surface area contributed by atoms with Crippen LogP contribution in [-0.4, -0.2) is 29.5 Å². The Labute approximate surface area is 135 Å². The molecule has 3 heteroatoms. The van der Waals surface area contributed by atoms with Crippen molar-refractivity contribution >= 4 is 0 Å². The van der Waals surface area contributed by atoms with Crippen molar-refractivity contribution in [3.05, 3.63) is 29.8 Å². The van der Waals surface area contributed by atoms with Crippen LogP contribution >= 0.6 is 0 Å². The summed E-state index contributed by atoms with van der Waals surface area (Å²) in [5.41, 5.74) is 1.33. The Bertz CT molecular complexity index is 361. The lowest BCUT2D eigenvalue weighted by Gasteiger charge is -2.10. The summed E-state index contributed by atoms with van der Waals surface area (Å²) in [5, 5.41) is 18.0. The minimum absolute atomic E-state index is 0.133. The predicted molar refractivity (Wildman–Crippen MR) is 91.3 cm³/mol. The van der Waals surface area contributed by atoms with E-state index in [0.717, 1.165) is 12.2 Å². The smallest absolute Gasteiger partial charge is 0.119 e. The van der Waals surface area contributed by atoms with Gasteiger partial charge in [-0.2, -0.15) is 0 Å². The summed E-state index contributed by atoms with van der Waals surface area (Å²) in [7, 11) is 0. The van der Waals surface area contributed by atoms with Crippen LogP contribution in [0.4, 0.5) is 0 Å². The molecular formula is C19H32O3. The van der Waals surface area contributed by atoms with E-state index in [-0.39, 0.29) is 13.2 Å². The van der Waals surface area contributed by atoms with Gasteiger partial charge in [-0.15, -0.1) is 0 Å². The molecule has 1 aromatic carbocycles. The number of rotatable bonds is 13. The molecule has 0 amide bonds. The summed E-state index contributed by atoms with van der Waals surface area (Å²) < 4.78 is 5.39. The number of unbranched alkanes of at least 4 members (excludes halogenated alkanes) is 7. The third kappa shape index (κ3) is 9.06. The highest BCUT2D eigenvalue weighted by molar-refractivity contribution is 5.27. The van der Waals surface area contributed by atoms with Crippen molar-refractivity contribution in [1.29, 1.82) is 0 Å². The number of benzene rings is 1. The van der Waals surface area contributed by atoms with E-state index in [9.17, 15) is 5.11 Å². The van der Waals surface area contributed by atoms with E-state index in [2.05, 4.69) is 19.1 Å². The fourth-order valence-corrected chi connectivity index (χ4v) is 2.46. The van der Waals surface area contributed by atoms with E-state index in [1.807, 2.05) is 12.1 Å². The van der Waals surface area contributed by atoms with E-state index in [1.165, 1.54) is 56.9 Å². The van der Waals surface area contributed by atoms with Crippen molar-refractivity contribution in [1.82, 2.24) is 0 Å². The highest BCUT2D eigenvalue weighted by Crippen LogP contribution is 2.15. The number of hydrogen-bond acceptors (Lipinski definition) is 3. The van der Waals surface area contributed by atoms with Crippen molar-refractivity contribution in [2.75, 3.05) is 13.2 Å². The third-order valence-electron chi connectivity index (χ3n) is 3.90. The van der Waals surface area contributed by atoms with Crippen LogP contribution < -0.4 is 4.74 Å². The molecule has 0 aliphatic carbocycles. The van der Waals surface area contributed by atoms with Gasteiger partial charge in [-0.05, 0) is 30.5 Å². The number of aliphatic hydroxyl groups excluding tert-OH is 2. The van der Waals surface area contributed by atoms with Gasteiger partial charge in [0.05, 0.1) is 6.61 Å². The summed E-state index contributed by atoms with van der Waals surface area (Å²) in [4.78, 5) is 0. The van der Waals surface area contributed by atoms with Gasteiger partial charge >= 0.3 is 0 Å². The van der Waals surface area contributed by atoms with Crippen LogP contribution in [0.15, 0.2) is 24.3 Å². The van der Waals surface area contributed by atoms with Crippen LogP contribution in [0.25, 0.3) is 0 Å². The number of aryl methyl sites for hydroxylation is 1. The van der Waals surface area contributed by atoms with E-state index in [4.69, 9.17) is 9.84 Å². The first-order valence-electron chi connectivity index (χ1n) is 8.77. The van der Waals surface area contributed by atoms with Crippen molar-refractivity contribution in [2.45, 2.75) is 70.8 Å². The van der Waals surface area contributed by atoms with Crippen LogP contribution in [0.2, 0.25) is 0 Å². The highest BCUT2D eigenvalue weighted by atomic mass is 16.5. The molecule has 0 aliphatic heterocycles. The molecule has 3 nitrogen and oxygen atoms in total. The molecule has 0 saturated carbocycles. The monoisotopic (exact) mass is 308 g/mol. The lowest BCUT2D eigenvalue weighted by Crippen LogP contribution is -2.21. The first-order valence-corrected chi connectivity index (χ1v) is 8.77. The van der Waals surface area contributed by atoms with Crippen LogP contribution in [-0.2, 0) is 6.42 Å². The molecule has 0 unspecified atom stereocenters. The second-order valence-corrected chi connectivity index (χ2v) is 6.02. The van der Waals surface area contributed by atoms with Gasteiger partial charge in [-0.1, -0.05) is 64.0 Å². The maximum Gasteiger partial charge on any atom is 0.119 e. The zero-order valence-corrected chi connectivity index (χ0v) is 14.0. The average Bonchev–Trinajstić information content (AvgIpc) is 2.56. The molecule has 126 valence electrons. The van der Waals surface area contributed by atoms with Gasteiger partial charge in [-0.3, -0.25) is 0 Å². The number of ether oxygens (including phenoxy) is 1. The van der Waals surface area contributed by atoms with Gasteiger partial charge in [0.15, 0.2) is 0 Å². The van der Waals surface area contributed by atoms with Gasteiger partial charge in [0, 0.05) is 0 Å². The molecule has 0 saturated heterocycles. The minimum atomic E-state index is -0.808. The molecule has 0 fully saturated rings. The summed E-state index contributed by atoms with van der Waals surface area (Å²) in [6.07, 6.45) is 11.1. The fourth-order valence-electron chi connectivity index (χ4n) is 2.46. The topological polar surface area (TPSA) is 49.7 Å². The first kappa shape index (κ1) is 19.0. The number of aliphatic hydroxyl groups is 2. The average molecular weight is 308 g/mol. The predicted octanol–water partition coefficient (Wildman–Crippen LogP) is 4.10. The molecule has 0 radical (unpaired) electrons. The maximum atomic E-state index is 9.23. The van der Waals surface area contributed by atoms with Gasteiger partial charge in [-0.25, -0.2) is 0 Å². The normalized spacial score (nSPS) is 12.3. The Morgan fingerprint density at radius 3 is 2.09 bits per heavy atom. The van der Waals surface area contributed by atoms with Crippen LogP contribution in [0.3, 0.4) is 0 Å². The van der Waals surface area contributed by atoms with E-state index in [1.54, 1.807) is 0 Å². The highest BCUT2D eigenvalue weighted by Gasteiger charge is 2.03. The molecular weight excluding hydrogens is 276 g/mol. The standard InChI is InChI=1S/C19H32O3/c1-2-3-4-5-6-7-8-9-10-17-11-13-19(14-12-17)22-16-18(21)15-20/h11-14,18,20-21H,2-10,15-16H2,1H3/t18-/m1/s1. The van der Waals surface area contributed by atoms with Crippen molar-refractivity contribution < 1.29 is 14.9 Å². The lowest BCUT2D eigenvalue weighted by molar-refractivity contribution is 0.0536. The minimum Gasteiger partial charge on any atom is -0.491 e. The molecule has 1 atom stereocenters. The van der Waals surface area contributed by atoms with Crippen molar-refractivity contribution in [3.8, 4) is 5.75 Å².